The third-order valence-electron chi connectivity index (χ3n) is 12.6. The molecule has 0 heterocycles. The van der Waals surface area contributed by atoms with Crippen LogP contribution in [0.1, 0.15) is 284 Å². The molecular formula is C57H107NO4. The molecule has 0 aliphatic carbocycles. The monoisotopic (exact) mass is 870 g/mol. The molecule has 0 saturated carbocycles. The summed E-state index contributed by atoms with van der Waals surface area (Å²) in [5, 5.41) is 33.1. The number of rotatable bonds is 50. The number of carbonyl (C=O) groups is 1. The second-order valence-corrected chi connectivity index (χ2v) is 18.8. The normalized spacial score (nSPS) is 13.7. The molecule has 0 fully saturated rings. The number of hydrogen-bond acceptors (Lipinski definition) is 4. The van der Waals surface area contributed by atoms with Crippen LogP contribution in [0.5, 0.6) is 0 Å². The Hall–Kier alpha value is -1.69. The lowest BCUT2D eigenvalue weighted by Gasteiger charge is -2.21. The Kier molecular flexibility index (Phi) is 50.5. The summed E-state index contributed by atoms with van der Waals surface area (Å²) in [5.41, 5.74) is 0. The fourth-order valence-corrected chi connectivity index (χ4v) is 8.35. The third-order valence-corrected chi connectivity index (χ3v) is 12.6. The molecule has 0 aromatic heterocycles. The molecule has 0 rings (SSSR count). The summed E-state index contributed by atoms with van der Waals surface area (Å²) in [6, 6.07) is -0.813. The fraction of sp³-hybridized carbons (Fsp3) is 0.842. The average molecular weight is 870 g/mol. The van der Waals surface area contributed by atoms with Gasteiger partial charge >= 0.3 is 0 Å². The standard InChI is InChI=1S/C57H107NO4/c1-3-5-7-9-11-13-15-16-17-18-19-20-21-22-23-24-25-26-27-28-29-30-31-32-33-34-35-36-37-38-39-40-41-42-44-46-48-50-52-56(61)57(62)58-54(53-59)55(60)51-49-47-45-43-14-12-10-8-6-4-2/h14,25-26,28-29,43,49,51,54-56,59-61H,3-13,15-24,27,30-42,44-48,50,52-53H2,1-2H3,(H,58,62)/b26-25-,29-28-,43-14+,51-49+. The van der Waals surface area contributed by atoms with E-state index in [-0.39, 0.29) is 6.61 Å². The van der Waals surface area contributed by atoms with Crippen molar-refractivity contribution >= 4 is 5.91 Å². The van der Waals surface area contributed by atoms with Crippen molar-refractivity contribution in [3.05, 3.63) is 48.6 Å². The Bertz CT molecular complexity index is 1000. The highest BCUT2D eigenvalue weighted by Gasteiger charge is 2.22. The first-order chi connectivity index (χ1) is 30.6. The quantitative estimate of drug-likeness (QED) is 0.0362. The number of amides is 1. The third kappa shape index (κ3) is 46.3. The molecule has 0 radical (unpaired) electrons. The average Bonchev–Trinajstić information content (AvgIpc) is 3.28. The molecule has 364 valence electrons. The maximum absolute atomic E-state index is 12.5. The van der Waals surface area contributed by atoms with E-state index in [1.165, 1.54) is 218 Å². The van der Waals surface area contributed by atoms with E-state index in [1.807, 2.05) is 6.08 Å². The minimum Gasteiger partial charge on any atom is -0.394 e. The first kappa shape index (κ1) is 60.3. The van der Waals surface area contributed by atoms with Crippen molar-refractivity contribution in [2.24, 2.45) is 0 Å². The molecule has 1 amide bonds. The zero-order valence-electron chi connectivity index (χ0n) is 41.5. The maximum atomic E-state index is 12.5. The first-order valence-corrected chi connectivity index (χ1v) is 27.5. The summed E-state index contributed by atoms with van der Waals surface area (Å²) >= 11 is 0. The number of unbranched alkanes of at least 4 members (excludes halogenated alkanes) is 36. The van der Waals surface area contributed by atoms with Crippen LogP contribution in [0.3, 0.4) is 0 Å². The zero-order valence-corrected chi connectivity index (χ0v) is 41.5. The van der Waals surface area contributed by atoms with Crippen LogP contribution in [0.2, 0.25) is 0 Å². The van der Waals surface area contributed by atoms with Crippen molar-refractivity contribution in [2.45, 2.75) is 302 Å². The van der Waals surface area contributed by atoms with Crippen LogP contribution in [-0.2, 0) is 4.79 Å². The van der Waals surface area contributed by atoms with Crippen molar-refractivity contribution in [1.82, 2.24) is 5.32 Å². The number of nitrogens with one attached hydrogen (secondary N) is 1. The second-order valence-electron chi connectivity index (χ2n) is 18.8. The molecular weight excluding hydrogens is 763 g/mol. The highest BCUT2D eigenvalue weighted by atomic mass is 16.3. The van der Waals surface area contributed by atoms with Crippen LogP contribution in [0.4, 0.5) is 0 Å². The van der Waals surface area contributed by atoms with Gasteiger partial charge in [-0.3, -0.25) is 4.79 Å². The van der Waals surface area contributed by atoms with Crippen molar-refractivity contribution in [3.8, 4) is 0 Å². The van der Waals surface area contributed by atoms with Gasteiger partial charge in [0.1, 0.15) is 6.10 Å². The number of aliphatic hydroxyl groups excluding tert-OH is 3. The SMILES string of the molecule is CCCCCC/C=C/CC/C=C/C(O)C(CO)NC(=O)C(O)CCCCCCCCCCCCCCCCCC/C=C\C/C=C\CCCCCCCCCCCCCCCCC. The molecule has 3 atom stereocenters. The molecule has 3 unspecified atom stereocenters. The van der Waals surface area contributed by atoms with E-state index in [0.29, 0.717) is 6.42 Å². The summed E-state index contributed by atoms with van der Waals surface area (Å²) in [7, 11) is 0. The molecule has 0 aliphatic rings. The summed E-state index contributed by atoms with van der Waals surface area (Å²) in [5.74, 6) is -0.514. The minimum atomic E-state index is -1.11. The largest absolute Gasteiger partial charge is 0.394 e. The van der Waals surface area contributed by atoms with Gasteiger partial charge in [0.15, 0.2) is 0 Å². The van der Waals surface area contributed by atoms with Gasteiger partial charge in [-0.15, -0.1) is 0 Å². The van der Waals surface area contributed by atoms with Crippen LogP contribution in [0.25, 0.3) is 0 Å². The van der Waals surface area contributed by atoms with E-state index >= 15 is 0 Å². The van der Waals surface area contributed by atoms with Crippen molar-refractivity contribution in [2.75, 3.05) is 6.61 Å². The van der Waals surface area contributed by atoms with E-state index in [1.54, 1.807) is 6.08 Å². The van der Waals surface area contributed by atoms with Gasteiger partial charge in [0, 0.05) is 0 Å². The van der Waals surface area contributed by atoms with Gasteiger partial charge < -0.3 is 20.6 Å². The van der Waals surface area contributed by atoms with Gasteiger partial charge in [0.05, 0.1) is 18.8 Å². The number of carbonyl (C=O) groups excluding carboxylic acids is 1. The Morgan fingerprint density at radius 3 is 1.10 bits per heavy atom. The number of allylic oxidation sites excluding steroid dienone is 7. The maximum Gasteiger partial charge on any atom is 0.249 e. The van der Waals surface area contributed by atoms with Gasteiger partial charge in [0.25, 0.3) is 0 Å². The summed E-state index contributed by atoms with van der Waals surface area (Å²) < 4.78 is 0. The van der Waals surface area contributed by atoms with Gasteiger partial charge in [-0.25, -0.2) is 0 Å². The lowest BCUT2D eigenvalue weighted by molar-refractivity contribution is -0.131. The molecule has 0 aromatic rings. The molecule has 5 heteroatoms. The molecule has 0 aromatic carbocycles. The van der Waals surface area contributed by atoms with Gasteiger partial charge in [-0.05, 0) is 64.2 Å². The Balaban J connectivity index is 3.47. The Labute approximate surface area is 387 Å². The molecule has 62 heavy (non-hydrogen) atoms. The topological polar surface area (TPSA) is 89.8 Å². The Morgan fingerprint density at radius 1 is 0.403 bits per heavy atom. The molecule has 4 N–H and O–H groups in total. The highest BCUT2D eigenvalue weighted by molar-refractivity contribution is 5.80. The van der Waals surface area contributed by atoms with Crippen LogP contribution in [0, 0.1) is 0 Å². The highest BCUT2D eigenvalue weighted by Crippen LogP contribution is 2.17. The van der Waals surface area contributed by atoms with Crippen LogP contribution < -0.4 is 5.32 Å². The summed E-state index contributed by atoms with van der Waals surface area (Å²) in [6.45, 7) is 4.14. The van der Waals surface area contributed by atoms with E-state index in [2.05, 4.69) is 55.6 Å². The van der Waals surface area contributed by atoms with E-state index in [4.69, 9.17) is 0 Å². The lowest BCUT2D eigenvalue weighted by atomic mass is 10.0. The zero-order chi connectivity index (χ0) is 45.1. The first-order valence-electron chi connectivity index (χ1n) is 27.5. The fourth-order valence-electron chi connectivity index (χ4n) is 8.35. The summed E-state index contributed by atoms with van der Waals surface area (Å²) in [6.07, 6.45) is 69.3. The minimum absolute atomic E-state index is 0.377. The number of hydrogen-bond donors (Lipinski definition) is 4. The number of aliphatic hydroxyl groups is 3. The van der Waals surface area contributed by atoms with Crippen molar-refractivity contribution in [1.29, 1.82) is 0 Å². The molecule has 0 saturated heterocycles. The smallest absolute Gasteiger partial charge is 0.249 e. The molecule has 0 spiro atoms. The van der Waals surface area contributed by atoms with E-state index in [9.17, 15) is 20.1 Å². The molecule has 5 nitrogen and oxygen atoms in total. The van der Waals surface area contributed by atoms with Gasteiger partial charge in [-0.1, -0.05) is 268 Å². The van der Waals surface area contributed by atoms with Gasteiger partial charge in [0.2, 0.25) is 5.91 Å². The molecule has 0 aliphatic heterocycles. The lowest BCUT2D eigenvalue weighted by Crippen LogP contribution is -2.48. The van der Waals surface area contributed by atoms with Crippen LogP contribution in [0.15, 0.2) is 48.6 Å². The van der Waals surface area contributed by atoms with E-state index in [0.717, 1.165) is 44.9 Å². The van der Waals surface area contributed by atoms with E-state index < -0.39 is 24.2 Å². The van der Waals surface area contributed by atoms with Crippen LogP contribution >= 0.6 is 0 Å². The Morgan fingerprint density at radius 2 is 0.710 bits per heavy atom. The van der Waals surface area contributed by atoms with Gasteiger partial charge in [-0.2, -0.15) is 0 Å². The molecule has 0 bridgehead atoms. The van der Waals surface area contributed by atoms with Crippen molar-refractivity contribution < 1.29 is 20.1 Å². The summed E-state index contributed by atoms with van der Waals surface area (Å²) in [4.78, 5) is 12.5. The predicted octanol–water partition coefficient (Wildman–Crippen LogP) is 16.8. The second kappa shape index (κ2) is 51.9. The van der Waals surface area contributed by atoms with Crippen molar-refractivity contribution in [3.63, 3.8) is 0 Å². The van der Waals surface area contributed by atoms with Crippen LogP contribution in [-0.4, -0.2) is 46.1 Å². The predicted molar refractivity (Wildman–Crippen MR) is 273 cm³/mol.